The van der Waals surface area contributed by atoms with Gasteiger partial charge >= 0.3 is 0 Å². The Labute approximate surface area is 162 Å². The lowest BCUT2D eigenvalue weighted by Gasteiger charge is -2.17. The zero-order valence-electron chi connectivity index (χ0n) is 15.3. The highest BCUT2D eigenvalue weighted by atomic mass is 32.2. The van der Waals surface area contributed by atoms with Gasteiger partial charge in [0.1, 0.15) is 0 Å². The van der Waals surface area contributed by atoms with Gasteiger partial charge in [-0.05, 0) is 30.7 Å². The number of carbonyl (C=O) groups is 1. The van der Waals surface area contributed by atoms with Crippen LogP contribution in [-0.2, 0) is 10.0 Å². The van der Waals surface area contributed by atoms with Gasteiger partial charge in [0, 0.05) is 20.1 Å². The fourth-order valence-corrected chi connectivity index (χ4v) is 3.90. The Morgan fingerprint density at radius 1 is 1.11 bits per heavy atom. The summed E-state index contributed by atoms with van der Waals surface area (Å²) in [6.45, 7) is 0.475. The highest BCUT2D eigenvalue weighted by molar-refractivity contribution is 7.89. The number of H-pyrrole nitrogens is 1. The summed E-state index contributed by atoms with van der Waals surface area (Å²) in [5, 5.41) is 3.05. The standard InChI is InChI=1S/C19H20N4O4S/c1-23(28(26,27)14-8-3-2-4-9-14)13-7-12-20-19(25)17-21-16-11-6-5-10-15(16)18(24)22-17/h2-6,8-11H,7,12-13H2,1H3,(H,20,25)(H,21,22,24). The highest BCUT2D eigenvalue weighted by Gasteiger charge is 2.19. The summed E-state index contributed by atoms with van der Waals surface area (Å²) in [5.74, 6) is -0.592. The van der Waals surface area contributed by atoms with Crippen molar-refractivity contribution in [3.63, 3.8) is 0 Å². The summed E-state index contributed by atoms with van der Waals surface area (Å²) in [5.41, 5.74) is 0.0505. The minimum atomic E-state index is -3.56. The molecule has 0 aliphatic heterocycles. The average Bonchev–Trinajstić information content (AvgIpc) is 2.71. The number of carbonyl (C=O) groups excluding carboxylic acids is 1. The molecule has 8 nitrogen and oxygen atoms in total. The van der Waals surface area contributed by atoms with E-state index in [1.165, 1.54) is 23.5 Å². The van der Waals surface area contributed by atoms with Gasteiger partial charge in [0.2, 0.25) is 10.0 Å². The molecule has 0 radical (unpaired) electrons. The van der Waals surface area contributed by atoms with Crippen molar-refractivity contribution in [1.82, 2.24) is 19.6 Å². The van der Waals surface area contributed by atoms with Crippen LogP contribution in [0.1, 0.15) is 17.0 Å². The van der Waals surface area contributed by atoms with Crippen LogP contribution in [0.5, 0.6) is 0 Å². The van der Waals surface area contributed by atoms with Crippen LogP contribution >= 0.6 is 0 Å². The first kappa shape index (κ1) is 19.7. The minimum absolute atomic E-state index is 0.0750. The van der Waals surface area contributed by atoms with Crippen molar-refractivity contribution in [3.8, 4) is 0 Å². The Hall–Kier alpha value is -3.04. The van der Waals surface area contributed by atoms with Crippen LogP contribution in [0.15, 0.2) is 64.3 Å². The molecule has 2 N–H and O–H groups in total. The SMILES string of the molecule is CN(CCCNC(=O)c1nc2ccccc2c(=O)[nH]1)S(=O)(=O)c1ccccc1. The van der Waals surface area contributed by atoms with Crippen LogP contribution in [0.25, 0.3) is 10.9 Å². The van der Waals surface area contributed by atoms with Crippen molar-refractivity contribution in [1.29, 1.82) is 0 Å². The van der Waals surface area contributed by atoms with E-state index in [-0.39, 0.29) is 29.4 Å². The molecule has 0 saturated heterocycles. The maximum absolute atomic E-state index is 12.4. The topological polar surface area (TPSA) is 112 Å². The van der Waals surface area contributed by atoms with Gasteiger partial charge in [-0.15, -0.1) is 0 Å². The van der Waals surface area contributed by atoms with E-state index in [1.54, 1.807) is 42.5 Å². The van der Waals surface area contributed by atoms with Gasteiger partial charge in [-0.3, -0.25) is 9.59 Å². The molecule has 146 valence electrons. The molecule has 3 aromatic rings. The average molecular weight is 400 g/mol. The van der Waals surface area contributed by atoms with E-state index in [0.717, 1.165) is 0 Å². The van der Waals surface area contributed by atoms with Gasteiger partial charge in [0.15, 0.2) is 5.82 Å². The first-order valence-electron chi connectivity index (χ1n) is 8.68. The van der Waals surface area contributed by atoms with E-state index in [0.29, 0.717) is 17.3 Å². The molecule has 0 saturated carbocycles. The molecule has 2 aromatic carbocycles. The fraction of sp³-hybridized carbons (Fsp3) is 0.211. The molecule has 0 fully saturated rings. The fourth-order valence-electron chi connectivity index (χ4n) is 2.67. The van der Waals surface area contributed by atoms with Gasteiger partial charge in [0.05, 0.1) is 15.8 Å². The number of sulfonamides is 1. The van der Waals surface area contributed by atoms with Crippen LogP contribution in [0, 0.1) is 0 Å². The minimum Gasteiger partial charge on any atom is -0.349 e. The molecule has 28 heavy (non-hydrogen) atoms. The lowest BCUT2D eigenvalue weighted by atomic mass is 10.2. The third-order valence-corrected chi connectivity index (χ3v) is 6.09. The molecular formula is C19H20N4O4S. The summed E-state index contributed by atoms with van der Waals surface area (Å²) in [6, 6.07) is 14.9. The van der Waals surface area contributed by atoms with Crippen molar-refractivity contribution in [2.45, 2.75) is 11.3 Å². The molecular weight excluding hydrogens is 380 g/mol. The molecule has 0 unspecified atom stereocenters. The van der Waals surface area contributed by atoms with Crippen molar-refractivity contribution in [2.24, 2.45) is 0 Å². The summed E-state index contributed by atoms with van der Waals surface area (Å²) in [4.78, 5) is 31.1. The summed E-state index contributed by atoms with van der Waals surface area (Å²) in [6.07, 6.45) is 0.409. The van der Waals surface area contributed by atoms with Crippen LogP contribution in [0.4, 0.5) is 0 Å². The molecule has 0 aliphatic rings. The third kappa shape index (κ3) is 4.26. The summed E-state index contributed by atoms with van der Waals surface area (Å²) < 4.78 is 26.1. The first-order chi connectivity index (χ1) is 13.4. The van der Waals surface area contributed by atoms with E-state index < -0.39 is 15.9 Å². The molecule has 1 amide bonds. The number of nitrogens with one attached hydrogen (secondary N) is 2. The number of hydrogen-bond donors (Lipinski definition) is 2. The maximum atomic E-state index is 12.4. The van der Waals surface area contributed by atoms with Crippen molar-refractivity contribution in [2.75, 3.05) is 20.1 Å². The largest absolute Gasteiger partial charge is 0.349 e. The number of para-hydroxylation sites is 1. The molecule has 0 spiro atoms. The van der Waals surface area contributed by atoms with Gasteiger partial charge < -0.3 is 10.3 Å². The smallest absolute Gasteiger partial charge is 0.287 e. The Bertz CT molecular complexity index is 1140. The Balaban J connectivity index is 1.57. The normalized spacial score (nSPS) is 11.6. The molecule has 0 bridgehead atoms. The zero-order valence-corrected chi connectivity index (χ0v) is 16.1. The molecule has 9 heteroatoms. The predicted molar refractivity (Wildman–Crippen MR) is 106 cm³/mol. The lowest BCUT2D eigenvalue weighted by molar-refractivity contribution is 0.0942. The second-order valence-electron chi connectivity index (χ2n) is 6.18. The molecule has 1 aromatic heterocycles. The number of hydrogen-bond acceptors (Lipinski definition) is 5. The van der Waals surface area contributed by atoms with E-state index in [1.807, 2.05) is 0 Å². The monoisotopic (exact) mass is 400 g/mol. The number of benzene rings is 2. The van der Waals surface area contributed by atoms with Crippen molar-refractivity contribution >= 4 is 26.8 Å². The van der Waals surface area contributed by atoms with Crippen LogP contribution in [0.2, 0.25) is 0 Å². The van der Waals surface area contributed by atoms with E-state index in [4.69, 9.17) is 0 Å². The van der Waals surface area contributed by atoms with E-state index in [2.05, 4.69) is 15.3 Å². The summed E-state index contributed by atoms with van der Waals surface area (Å²) in [7, 11) is -2.07. The summed E-state index contributed by atoms with van der Waals surface area (Å²) >= 11 is 0. The highest BCUT2D eigenvalue weighted by Crippen LogP contribution is 2.13. The Morgan fingerprint density at radius 3 is 2.54 bits per heavy atom. The number of aromatic nitrogens is 2. The maximum Gasteiger partial charge on any atom is 0.287 e. The molecule has 0 atom stereocenters. The number of amides is 1. The first-order valence-corrected chi connectivity index (χ1v) is 10.1. The third-order valence-electron chi connectivity index (χ3n) is 4.21. The molecule has 0 aliphatic carbocycles. The molecule has 3 rings (SSSR count). The van der Waals surface area contributed by atoms with Crippen molar-refractivity contribution < 1.29 is 13.2 Å². The number of nitrogens with zero attached hydrogens (tertiary/aromatic N) is 2. The molecule has 1 heterocycles. The number of rotatable bonds is 7. The quantitative estimate of drug-likeness (QED) is 0.582. The van der Waals surface area contributed by atoms with Crippen LogP contribution in [0.3, 0.4) is 0 Å². The number of fused-ring (bicyclic) bond motifs is 1. The van der Waals surface area contributed by atoms with Crippen molar-refractivity contribution in [3.05, 3.63) is 70.8 Å². The lowest BCUT2D eigenvalue weighted by Crippen LogP contribution is -2.32. The van der Waals surface area contributed by atoms with Gasteiger partial charge in [-0.2, -0.15) is 0 Å². The number of aromatic amines is 1. The second-order valence-corrected chi connectivity index (χ2v) is 8.23. The van der Waals surface area contributed by atoms with E-state index >= 15 is 0 Å². The zero-order chi connectivity index (χ0) is 20.1. The van der Waals surface area contributed by atoms with Crippen LogP contribution < -0.4 is 10.9 Å². The van der Waals surface area contributed by atoms with Crippen LogP contribution in [-0.4, -0.2) is 48.7 Å². The second kappa shape index (κ2) is 8.32. The Kier molecular flexibility index (Phi) is 5.86. The predicted octanol–water partition coefficient (Wildman–Crippen LogP) is 1.36. The Morgan fingerprint density at radius 2 is 1.79 bits per heavy atom. The van der Waals surface area contributed by atoms with Gasteiger partial charge in [0.25, 0.3) is 11.5 Å². The van der Waals surface area contributed by atoms with Gasteiger partial charge in [-0.1, -0.05) is 30.3 Å². The van der Waals surface area contributed by atoms with Gasteiger partial charge in [-0.25, -0.2) is 17.7 Å². The van der Waals surface area contributed by atoms with E-state index in [9.17, 15) is 18.0 Å².